The Kier molecular flexibility index (Phi) is 6.44. The van der Waals surface area contributed by atoms with Crippen molar-refractivity contribution < 1.29 is 9.90 Å². The van der Waals surface area contributed by atoms with Crippen molar-refractivity contribution in [2.24, 2.45) is 0 Å². The quantitative estimate of drug-likeness (QED) is 0.776. The van der Waals surface area contributed by atoms with Crippen molar-refractivity contribution in [2.75, 3.05) is 0 Å². The first kappa shape index (κ1) is 16.5. The van der Waals surface area contributed by atoms with E-state index < -0.39 is 5.97 Å². The summed E-state index contributed by atoms with van der Waals surface area (Å²) >= 11 is 5.87. The molecule has 1 atom stereocenters. The molecule has 0 aromatic heterocycles. The number of rotatable bonds is 8. The third-order valence-electron chi connectivity index (χ3n) is 3.55. The molecule has 0 amide bonds. The average molecular weight is 318 g/mol. The van der Waals surface area contributed by atoms with Crippen molar-refractivity contribution in [3.05, 3.63) is 70.7 Å². The van der Waals surface area contributed by atoms with Gasteiger partial charge in [-0.05, 0) is 36.1 Å². The first-order chi connectivity index (χ1) is 10.6. The first-order valence-electron chi connectivity index (χ1n) is 7.37. The molecule has 0 fully saturated rings. The van der Waals surface area contributed by atoms with Gasteiger partial charge in [0.25, 0.3) is 0 Å². The maximum atomic E-state index is 11.0. The Balaban J connectivity index is 1.88. The SMILES string of the molecule is O=C(O)C[C@@H](CCc1ccc(Cl)cc1)NCc1ccccc1. The molecule has 0 bridgehead atoms. The van der Waals surface area contributed by atoms with Gasteiger partial charge < -0.3 is 10.4 Å². The van der Waals surface area contributed by atoms with Gasteiger partial charge in [0.1, 0.15) is 0 Å². The minimum Gasteiger partial charge on any atom is -0.481 e. The molecule has 0 radical (unpaired) electrons. The molecule has 2 rings (SSSR count). The number of aryl methyl sites for hydroxylation is 1. The van der Waals surface area contributed by atoms with Gasteiger partial charge in [0.2, 0.25) is 0 Å². The largest absolute Gasteiger partial charge is 0.481 e. The van der Waals surface area contributed by atoms with E-state index in [4.69, 9.17) is 16.7 Å². The van der Waals surface area contributed by atoms with Crippen LogP contribution in [0.25, 0.3) is 0 Å². The lowest BCUT2D eigenvalue weighted by atomic mass is 10.0. The van der Waals surface area contributed by atoms with Gasteiger partial charge in [-0.3, -0.25) is 4.79 Å². The van der Waals surface area contributed by atoms with Gasteiger partial charge in [0.15, 0.2) is 0 Å². The molecule has 0 saturated heterocycles. The number of hydrogen-bond acceptors (Lipinski definition) is 2. The minimum atomic E-state index is -0.776. The zero-order chi connectivity index (χ0) is 15.8. The van der Waals surface area contributed by atoms with Crippen molar-refractivity contribution in [1.29, 1.82) is 0 Å². The van der Waals surface area contributed by atoms with Gasteiger partial charge in [-0.25, -0.2) is 0 Å². The normalized spacial score (nSPS) is 12.0. The lowest BCUT2D eigenvalue weighted by Gasteiger charge is -2.17. The van der Waals surface area contributed by atoms with Crippen LogP contribution in [0.2, 0.25) is 5.02 Å². The number of benzene rings is 2. The second-order valence-corrected chi connectivity index (χ2v) is 5.76. The molecule has 0 aliphatic rings. The lowest BCUT2D eigenvalue weighted by Crippen LogP contribution is -2.31. The van der Waals surface area contributed by atoms with Crippen LogP contribution in [0, 0.1) is 0 Å². The number of halogens is 1. The van der Waals surface area contributed by atoms with Crippen LogP contribution in [-0.2, 0) is 17.8 Å². The van der Waals surface area contributed by atoms with Crippen LogP contribution in [-0.4, -0.2) is 17.1 Å². The Bertz CT molecular complexity index is 584. The average Bonchev–Trinajstić information content (AvgIpc) is 2.52. The summed E-state index contributed by atoms with van der Waals surface area (Å²) in [6.45, 7) is 0.680. The molecule has 0 unspecified atom stereocenters. The zero-order valence-electron chi connectivity index (χ0n) is 12.3. The van der Waals surface area contributed by atoms with Crippen LogP contribution in [0.15, 0.2) is 54.6 Å². The van der Waals surface area contributed by atoms with Crippen molar-refractivity contribution in [3.63, 3.8) is 0 Å². The van der Waals surface area contributed by atoms with Crippen LogP contribution in [0.3, 0.4) is 0 Å². The van der Waals surface area contributed by atoms with Gasteiger partial charge in [0, 0.05) is 17.6 Å². The van der Waals surface area contributed by atoms with Gasteiger partial charge in [-0.2, -0.15) is 0 Å². The zero-order valence-corrected chi connectivity index (χ0v) is 13.1. The highest BCUT2D eigenvalue weighted by atomic mass is 35.5. The van der Waals surface area contributed by atoms with E-state index in [0.717, 1.165) is 18.4 Å². The Morgan fingerprint density at radius 2 is 1.73 bits per heavy atom. The van der Waals surface area contributed by atoms with Crippen LogP contribution in [0.4, 0.5) is 0 Å². The van der Waals surface area contributed by atoms with E-state index in [0.29, 0.717) is 11.6 Å². The van der Waals surface area contributed by atoms with Gasteiger partial charge in [-0.1, -0.05) is 54.1 Å². The molecule has 3 nitrogen and oxygen atoms in total. The van der Waals surface area contributed by atoms with Gasteiger partial charge in [0.05, 0.1) is 6.42 Å². The Morgan fingerprint density at radius 3 is 2.36 bits per heavy atom. The predicted molar refractivity (Wildman–Crippen MR) is 89.1 cm³/mol. The molecule has 2 N–H and O–H groups in total. The van der Waals surface area contributed by atoms with E-state index in [1.54, 1.807) is 0 Å². The number of carbonyl (C=O) groups is 1. The summed E-state index contributed by atoms with van der Waals surface area (Å²) in [4.78, 5) is 11.0. The van der Waals surface area contributed by atoms with E-state index in [2.05, 4.69) is 5.32 Å². The number of nitrogens with one attached hydrogen (secondary N) is 1. The number of carboxylic acids is 1. The summed E-state index contributed by atoms with van der Waals surface area (Å²) < 4.78 is 0. The van der Waals surface area contributed by atoms with Crippen LogP contribution in [0.1, 0.15) is 24.0 Å². The van der Waals surface area contributed by atoms with Crippen molar-refractivity contribution in [2.45, 2.75) is 31.8 Å². The third-order valence-corrected chi connectivity index (χ3v) is 3.81. The maximum Gasteiger partial charge on any atom is 0.304 e. The molecular formula is C18H20ClNO2. The predicted octanol–water partition coefficient (Wildman–Crippen LogP) is 3.91. The number of carboxylic acid groups (broad SMARTS) is 1. The van der Waals surface area contributed by atoms with Crippen LogP contribution >= 0.6 is 11.6 Å². The number of hydrogen-bond donors (Lipinski definition) is 2. The summed E-state index contributed by atoms with van der Waals surface area (Å²) in [5.41, 5.74) is 2.32. The van der Waals surface area contributed by atoms with E-state index in [9.17, 15) is 4.79 Å². The van der Waals surface area contributed by atoms with E-state index in [1.165, 1.54) is 5.56 Å². The minimum absolute atomic E-state index is 0.0478. The topological polar surface area (TPSA) is 49.3 Å². The van der Waals surface area contributed by atoms with Gasteiger partial charge >= 0.3 is 5.97 Å². The van der Waals surface area contributed by atoms with Gasteiger partial charge in [-0.15, -0.1) is 0 Å². The number of aliphatic carboxylic acids is 1. The van der Waals surface area contributed by atoms with Crippen LogP contribution < -0.4 is 5.32 Å². The summed E-state index contributed by atoms with van der Waals surface area (Å²) in [7, 11) is 0. The molecule has 2 aromatic carbocycles. The summed E-state index contributed by atoms with van der Waals surface area (Å²) in [6.07, 6.45) is 1.73. The maximum absolute atomic E-state index is 11.0. The summed E-state index contributed by atoms with van der Waals surface area (Å²) in [5, 5.41) is 13.1. The fourth-order valence-corrected chi connectivity index (χ4v) is 2.46. The Hall–Kier alpha value is -1.84. The molecule has 0 aliphatic heterocycles. The Morgan fingerprint density at radius 1 is 1.05 bits per heavy atom. The molecular weight excluding hydrogens is 298 g/mol. The summed E-state index contributed by atoms with van der Waals surface area (Å²) in [5.74, 6) is -0.776. The second kappa shape index (κ2) is 8.57. The standard InChI is InChI=1S/C18H20ClNO2/c19-16-9-6-14(7-10-16)8-11-17(12-18(21)22)20-13-15-4-2-1-3-5-15/h1-7,9-10,17,20H,8,11-13H2,(H,21,22)/t17-/m1/s1. The van der Waals surface area contributed by atoms with Crippen molar-refractivity contribution >= 4 is 17.6 Å². The lowest BCUT2D eigenvalue weighted by molar-refractivity contribution is -0.137. The van der Waals surface area contributed by atoms with Crippen molar-refractivity contribution in [3.8, 4) is 0 Å². The third kappa shape index (κ3) is 5.88. The molecule has 0 aliphatic carbocycles. The first-order valence-corrected chi connectivity index (χ1v) is 7.75. The fraction of sp³-hybridized carbons (Fsp3) is 0.278. The molecule has 0 heterocycles. The molecule has 0 spiro atoms. The monoisotopic (exact) mass is 317 g/mol. The molecule has 0 saturated carbocycles. The molecule has 116 valence electrons. The van der Waals surface area contributed by atoms with Crippen molar-refractivity contribution in [1.82, 2.24) is 5.32 Å². The fourth-order valence-electron chi connectivity index (χ4n) is 2.34. The highest BCUT2D eigenvalue weighted by Crippen LogP contribution is 2.13. The highest BCUT2D eigenvalue weighted by molar-refractivity contribution is 6.30. The van der Waals surface area contributed by atoms with Crippen LogP contribution in [0.5, 0.6) is 0 Å². The molecule has 22 heavy (non-hydrogen) atoms. The van der Waals surface area contributed by atoms with E-state index >= 15 is 0 Å². The molecule has 4 heteroatoms. The highest BCUT2D eigenvalue weighted by Gasteiger charge is 2.13. The second-order valence-electron chi connectivity index (χ2n) is 5.33. The summed E-state index contributed by atoms with van der Waals surface area (Å²) in [6, 6.07) is 17.6. The Labute approximate surface area is 135 Å². The smallest absolute Gasteiger partial charge is 0.304 e. The molecule has 2 aromatic rings. The van der Waals surface area contributed by atoms with E-state index in [-0.39, 0.29) is 12.5 Å². The van der Waals surface area contributed by atoms with E-state index in [1.807, 2.05) is 54.6 Å².